The quantitative estimate of drug-likeness (QED) is 0.437. The number of carbonyl (C=O) groups excluding carboxylic acids is 1. The number of halogens is 1. The summed E-state index contributed by atoms with van der Waals surface area (Å²) in [6.45, 7) is 0.509. The van der Waals surface area contributed by atoms with Crippen molar-refractivity contribution in [3.8, 4) is 5.75 Å². The number of carbonyl (C=O) groups is 1. The lowest BCUT2D eigenvalue weighted by molar-refractivity contribution is -0.140. The monoisotopic (exact) mass is 242 g/mol. The van der Waals surface area contributed by atoms with E-state index in [1.807, 2.05) is 24.3 Å². The van der Waals surface area contributed by atoms with Crippen LogP contribution in [0.2, 0.25) is 0 Å². The van der Waals surface area contributed by atoms with Crippen molar-refractivity contribution in [3.63, 3.8) is 0 Å². The van der Waals surface area contributed by atoms with Crippen molar-refractivity contribution < 1.29 is 14.3 Å². The van der Waals surface area contributed by atoms with Crippen molar-refractivity contribution in [1.82, 2.24) is 0 Å². The van der Waals surface area contributed by atoms with E-state index in [1.54, 1.807) is 0 Å². The van der Waals surface area contributed by atoms with E-state index in [0.717, 1.165) is 11.3 Å². The third-order valence-corrected chi connectivity index (χ3v) is 2.41. The maximum atomic E-state index is 10.8. The van der Waals surface area contributed by atoms with Gasteiger partial charge in [-0.3, -0.25) is 4.79 Å². The summed E-state index contributed by atoms with van der Waals surface area (Å²) in [4.78, 5) is 10.8. The smallest absolute Gasteiger partial charge is 0.305 e. The van der Waals surface area contributed by atoms with Crippen LogP contribution >= 0.6 is 11.6 Å². The lowest BCUT2D eigenvalue weighted by Gasteiger charge is -2.05. The van der Waals surface area contributed by atoms with Gasteiger partial charge in [-0.05, 0) is 24.1 Å². The molecule has 0 N–H and O–H groups in total. The predicted molar refractivity (Wildman–Crippen MR) is 62.7 cm³/mol. The lowest BCUT2D eigenvalue weighted by atomic mass is 10.2. The first kappa shape index (κ1) is 12.8. The van der Waals surface area contributed by atoms with E-state index in [2.05, 4.69) is 4.74 Å². The number of rotatable bonds is 6. The SMILES string of the molecule is COC(=O)CCCOc1ccc(CCl)cc1. The van der Waals surface area contributed by atoms with Crippen LogP contribution in [0.25, 0.3) is 0 Å². The number of methoxy groups -OCH3 is 1. The second-order valence-corrected chi connectivity index (χ2v) is 3.57. The Labute approximate surface area is 100 Å². The molecule has 0 heterocycles. The van der Waals surface area contributed by atoms with E-state index < -0.39 is 0 Å². The number of hydrogen-bond acceptors (Lipinski definition) is 3. The zero-order chi connectivity index (χ0) is 11.8. The van der Waals surface area contributed by atoms with Gasteiger partial charge in [0.2, 0.25) is 0 Å². The largest absolute Gasteiger partial charge is 0.494 e. The van der Waals surface area contributed by atoms with E-state index in [-0.39, 0.29) is 5.97 Å². The van der Waals surface area contributed by atoms with Crippen LogP contribution in [0, 0.1) is 0 Å². The third kappa shape index (κ3) is 4.53. The summed E-state index contributed by atoms with van der Waals surface area (Å²) >= 11 is 5.66. The molecule has 3 nitrogen and oxygen atoms in total. The van der Waals surface area contributed by atoms with Gasteiger partial charge in [0.05, 0.1) is 13.7 Å². The molecule has 0 fully saturated rings. The molecule has 0 amide bonds. The molecule has 1 rings (SSSR count). The molecule has 4 heteroatoms. The molecule has 0 unspecified atom stereocenters. The van der Waals surface area contributed by atoms with E-state index in [1.165, 1.54) is 7.11 Å². The minimum Gasteiger partial charge on any atom is -0.494 e. The molecule has 0 radical (unpaired) electrons. The molecule has 0 bridgehead atoms. The van der Waals surface area contributed by atoms with Crippen LogP contribution in [-0.2, 0) is 15.4 Å². The first-order valence-electron chi connectivity index (χ1n) is 5.11. The van der Waals surface area contributed by atoms with Crippen molar-refractivity contribution >= 4 is 17.6 Å². The Bertz CT molecular complexity index is 322. The first-order chi connectivity index (χ1) is 7.76. The van der Waals surface area contributed by atoms with Gasteiger partial charge in [-0.1, -0.05) is 12.1 Å². The second-order valence-electron chi connectivity index (χ2n) is 3.31. The molecule has 1 aromatic rings. The Morgan fingerprint density at radius 2 is 2.00 bits per heavy atom. The molecule has 0 spiro atoms. The van der Waals surface area contributed by atoms with Gasteiger partial charge >= 0.3 is 5.97 Å². The van der Waals surface area contributed by atoms with E-state index in [0.29, 0.717) is 25.3 Å². The molecule has 88 valence electrons. The molecule has 0 aliphatic carbocycles. The molecule has 0 aromatic heterocycles. The zero-order valence-corrected chi connectivity index (χ0v) is 10.00. The number of benzene rings is 1. The summed E-state index contributed by atoms with van der Waals surface area (Å²) < 4.78 is 9.97. The van der Waals surface area contributed by atoms with Crippen LogP contribution < -0.4 is 4.74 Å². The predicted octanol–water partition coefficient (Wildman–Crippen LogP) is 2.76. The maximum absolute atomic E-state index is 10.8. The molecule has 16 heavy (non-hydrogen) atoms. The molecule has 0 aliphatic heterocycles. The second kappa shape index (κ2) is 7.12. The minimum absolute atomic E-state index is 0.207. The van der Waals surface area contributed by atoms with Crippen molar-refractivity contribution in [2.45, 2.75) is 18.7 Å². The average molecular weight is 243 g/mol. The van der Waals surface area contributed by atoms with Gasteiger partial charge in [-0.2, -0.15) is 0 Å². The fourth-order valence-electron chi connectivity index (χ4n) is 1.18. The topological polar surface area (TPSA) is 35.5 Å². The fraction of sp³-hybridized carbons (Fsp3) is 0.417. The van der Waals surface area contributed by atoms with Crippen LogP contribution in [0.3, 0.4) is 0 Å². The highest BCUT2D eigenvalue weighted by Crippen LogP contribution is 2.13. The van der Waals surface area contributed by atoms with Crippen molar-refractivity contribution in [1.29, 1.82) is 0 Å². The Hall–Kier alpha value is -1.22. The summed E-state index contributed by atoms with van der Waals surface area (Å²) in [7, 11) is 1.38. The minimum atomic E-state index is -0.207. The standard InChI is InChI=1S/C12H15ClO3/c1-15-12(14)3-2-8-16-11-6-4-10(9-13)5-7-11/h4-7H,2-3,8-9H2,1H3. The molecule has 1 aromatic carbocycles. The van der Waals surface area contributed by atoms with Crippen molar-refractivity contribution in [3.05, 3.63) is 29.8 Å². The maximum Gasteiger partial charge on any atom is 0.305 e. The average Bonchev–Trinajstić information content (AvgIpc) is 2.35. The van der Waals surface area contributed by atoms with Crippen LogP contribution in [0.4, 0.5) is 0 Å². The lowest BCUT2D eigenvalue weighted by Crippen LogP contribution is -2.04. The summed E-state index contributed by atoms with van der Waals surface area (Å²) in [6.07, 6.45) is 1.04. The summed E-state index contributed by atoms with van der Waals surface area (Å²) in [6, 6.07) is 7.58. The Balaban J connectivity index is 2.24. The van der Waals surface area contributed by atoms with Gasteiger partial charge in [-0.25, -0.2) is 0 Å². The number of alkyl halides is 1. The van der Waals surface area contributed by atoms with Crippen molar-refractivity contribution in [2.24, 2.45) is 0 Å². The Kier molecular flexibility index (Phi) is 5.72. The van der Waals surface area contributed by atoms with Crippen LogP contribution in [0.5, 0.6) is 5.75 Å². The summed E-state index contributed by atoms with van der Waals surface area (Å²) in [5.74, 6) is 1.09. The van der Waals surface area contributed by atoms with E-state index in [9.17, 15) is 4.79 Å². The van der Waals surface area contributed by atoms with Gasteiger partial charge in [0.1, 0.15) is 5.75 Å². The Morgan fingerprint density at radius 3 is 2.56 bits per heavy atom. The molecule has 0 saturated carbocycles. The molecular formula is C12H15ClO3. The number of hydrogen-bond donors (Lipinski definition) is 0. The highest BCUT2D eigenvalue weighted by atomic mass is 35.5. The highest BCUT2D eigenvalue weighted by molar-refractivity contribution is 6.17. The van der Waals surface area contributed by atoms with Gasteiger partial charge in [-0.15, -0.1) is 11.6 Å². The van der Waals surface area contributed by atoms with Gasteiger partial charge in [0.15, 0.2) is 0 Å². The zero-order valence-electron chi connectivity index (χ0n) is 9.24. The van der Waals surface area contributed by atoms with Gasteiger partial charge in [0, 0.05) is 12.3 Å². The van der Waals surface area contributed by atoms with Crippen LogP contribution in [0.1, 0.15) is 18.4 Å². The third-order valence-electron chi connectivity index (χ3n) is 2.10. The summed E-state index contributed by atoms with van der Waals surface area (Å²) in [5.41, 5.74) is 1.06. The Morgan fingerprint density at radius 1 is 1.31 bits per heavy atom. The normalized spacial score (nSPS) is 9.88. The molecule has 0 atom stereocenters. The van der Waals surface area contributed by atoms with Crippen molar-refractivity contribution in [2.75, 3.05) is 13.7 Å². The van der Waals surface area contributed by atoms with Gasteiger partial charge < -0.3 is 9.47 Å². The number of esters is 1. The molecular weight excluding hydrogens is 228 g/mol. The van der Waals surface area contributed by atoms with Crippen LogP contribution in [-0.4, -0.2) is 19.7 Å². The highest BCUT2D eigenvalue weighted by Gasteiger charge is 2.00. The fourth-order valence-corrected chi connectivity index (χ4v) is 1.36. The number of ether oxygens (including phenoxy) is 2. The summed E-state index contributed by atoms with van der Waals surface area (Å²) in [5, 5.41) is 0. The first-order valence-corrected chi connectivity index (χ1v) is 5.64. The van der Waals surface area contributed by atoms with Gasteiger partial charge in [0.25, 0.3) is 0 Å². The molecule has 0 saturated heterocycles. The van der Waals surface area contributed by atoms with E-state index >= 15 is 0 Å². The van der Waals surface area contributed by atoms with Crippen LogP contribution in [0.15, 0.2) is 24.3 Å². The van der Waals surface area contributed by atoms with E-state index in [4.69, 9.17) is 16.3 Å². The molecule has 0 aliphatic rings.